The molecule has 0 unspecified atom stereocenters. The van der Waals surface area contributed by atoms with Crippen LogP contribution in [-0.2, 0) is 11.2 Å². The number of carbonyl (C=O) groups excluding carboxylic acids is 1. The minimum atomic E-state index is 0.0555. The van der Waals surface area contributed by atoms with Crippen molar-refractivity contribution >= 4 is 34.3 Å². The summed E-state index contributed by atoms with van der Waals surface area (Å²) in [5, 5.41) is 0. The third-order valence-corrected chi connectivity index (χ3v) is 7.17. The molecule has 0 bridgehead atoms. The highest BCUT2D eigenvalue weighted by Gasteiger charge is 2.20. The molecule has 1 aliphatic rings. The van der Waals surface area contributed by atoms with Gasteiger partial charge < -0.3 is 14.7 Å². The Hall–Kier alpha value is -4.85. The highest BCUT2D eigenvalue weighted by Crippen LogP contribution is 2.26. The summed E-state index contributed by atoms with van der Waals surface area (Å²) >= 11 is 0. The van der Waals surface area contributed by atoms with Crippen molar-refractivity contribution in [2.24, 2.45) is 0 Å². The molecule has 0 saturated carbocycles. The van der Waals surface area contributed by atoms with E-state index in [4.69, 9.17) is 4.98 Å². The maximum absolute atomic E-state index is 12.8. The first-order valence-electron chi connectivity index (χ1n) is 13.1. The van der Waals surface area contributed by atoms with E-state index in [1.54, 1.807) is 23.5 Å². The maximum Gasteiger partial charge on any atom is 0.231 e. The second kappa shape index (κ2) is 10.9. The first-order chi connectivity index (χ1) is 19.1. The number of anilines is 3. The van der Waals surface area contributed by atoms with Crippen LogP contribution in [0.2, 0.25) is 0 Å². The Morgan fingerprint density at radius 2 is 1.49 bits per heavy atom. The summed E-state index contributed by atoms with van der Waals surface area (Å²) in [6.45, 7) is 3.40. The first kappa shape index (κ1) is 24.5. The number of benzene rings is 3. The smallest absolute Gasteiger partial charge is 0.231 e. The Bertz CT molecular complexity index is 1570. The number of para-hydroxylation sites is 1. The minimum absolute atomic E-state index is 0.0555. The van der Waals surface area contributed by atoms with Gasteiger partial charge in [-0.25, -0.2) is 9.97 Å². The number of rotatable bonds is 6. The zero-order chi connectivity index (χ0) is 26.6. The van der Waals surface area contributed by atoms with Gasteiger partial charge in [-0.05, 0) is 41.0 Å². The molecule has 0 N–H and O–H groups in total. The third-order valence-electron chi connectivity index (χ3n) is 7.17. The van der Waals surface area contributed by atoms with Gasteiger partial charge in [-0.2, -0.15) is 0 Å². The van der Waals surface area contributed by atoms with Crippen LogP contribution in [0, 0.1) is 0 Å². The van der Waals surface area contributed by atoms with Crippen LogP contribution in [0.5, 0.6) is 0 Å². The van der Waals surface area contributed by atoms with E-state index in [-0.39, 0.29) is 5.91 Å². The standard InChI is InChI=1S/C31H29N7O/c1-36(26-5-3-2-4-6-26)31(39)19-23-7-9-24(10-8-23)25-11-12-27-28(20-25)35-30(22-34-27)38-17-15-37(16-18-38)29-21-32-13-14-33-29/h2-14,20-22H,15-19H2,1H3. The lowest BCUT2D eigenvalue weighted by molar-refractivity contribution is -0.117. The van der Waals surface area contributed by atoms with Crippen LogP contribution in [0.25, 0.3) is 22.2 Å². The lowest BCUT2D eigenvalue weighted by atomic mass is 10.0. The van der Waals surface area contributed by atoms with Crippen LogP contribution >= 0.6 is 0 Å². The minimum Gasteiger partial charge on any atom is -0.352 e. The van der Waals surface area contributed by atoms with E-state index < -0.39 is 0 Å². The Balaban J connectivity index is 1.14. The molecular formula is C31H29N7O. The second-order valence-electron chi connectivity index (χ2n) is 9.63. The molecule has 2 aromatic heterocycles. The van der Waals surface area contributed by atoms with Gasteiger partial charge in [0.25, 0.3) is 0 Å². The fourth-order valence-electron chi connectivity index (χ4n) is 4.86. The fraction of sp³-hybridized carbons (Fsp3) is 0.194. The summed E-state index contributed by atoms with van der Waals surface area (Å²) in [7, 11) is 1.81. The molecule has 194 valence electrons. The van der Waals surface area contributed by atoms with E-state index >= 15 is 0 Å². The monoisotopic (exact) mass is 515 g/mol. The van der Waals surface area contributed by atoms with Gasteiger partial charge in [0.1, 0.15) is 11.6 Å². The average Bonchev–Trinajstić information content (AvgIpc) is 3.01. The topological polar surface area (TPSA) is 78.4 Å². The number of carbonyl (C=O) groups is 1. The molecule has 1 aliphatic heterocycles. The van der Waals surface area contributed by atoms with Crippen molar-refractivity contribution in [3.8, 4) is 11.1 Å². The van der Waals surface area contributed by atoms with E-state index in [1.807, 2.05) is 61.8 Å². The molecular weight excluding hydrogens is 486 g/mol. The summed E-state index contributed by atoms with van der Waals surface area (Å²) in [5.41, 5.74) is 5.75. The number of likely N-dealkylation sites (N-methyl/N-ethyl adjacent to an activating group) is 1. The van der Waals surface area contributed by atoms with Crippen LogP contribution in [0.15, 0.2) is 97.6 Å². The van der Waals surface area contributed by atoms with Gasteiger partial charge in [-0.15, -0.1) is 0 Å². The van der Waals surface area contributed by atoms with Crippen LogP contribution in [0.1, 0.15) is 5.56 Å². The third kappa shape index (κ3) is 5.40. The fourth-order valence-corrected chi connectivity index (χ4v) is 4.86. The van der Waals surface area contributed by atoms with Crippen LogP contribution in [0.3, 0.4) is 0 Å². The van der Waals surface area contributed by atoms with E-state index in [2.05, 4.69) is 49.0 Å². The highest BCUT2D eigenvalue weighted by atomic mass is 16.2. The van der Waals surface area contributed by atoms with Gasteiger partial charge in [0.05, 0.1) is 29.8 Å². The van der Waals surface area contributed by atoms with Gasteiger partial charge >= 0.3 is 0 Å². The molecule has 6 rings (SSSR count). The van der Waals surface area contributed by atoms with E-state index in [1.165, 1.54) is 0 Å². The molecule has 8 nitrogen and oxygen atoms in total. The van der Waals surface area contributed by atoms with Gasteiger partial charge in [0, 0.05) is 51.3 Å². The predicted molar refractivity (Wildman–Crippen MR) is 155 cm³/mol. The number of hydrogen-bond acceptors (Lipinski definition) is 7. The molecule has 1 saturated heterocycles. The summed E-state index contributed by atoms with van der Waals surface area (Å²) in [6, 6.07) is 24.0. The predicted octanol–water partition coefficient (Wildman–Crippen LogP) is 4.62. The van der Waals surface area contributed by atoms with Gasteiger partial charge in [0.15, 0.2) is 0 Å². The van der Waals surface area contributed by atoms with Gasteiger partial charge in [-0.3, -0.25) is 14.8 Å². The molecule has 3 aromatic carbocycles. The molecule has 0 aliphatic carbocycles. The second-order valence-corrected chi connectivity index (χ2v) is 9.63. The summed E-state index contributed by atoms with van der Waals surface area (Å²) in [6.07, 6.45) is 7.44. The molecule has 0 atom stereocenters. The Labute approximate surface area is 227 Å². The van der Waals surface area contributed by atoms with Crippen molar-refractivity contribution in [2.75, 3.05) is 47.9 Å². The van der Waals surface area contributed by atoms with Crippen LogP contribution < -0.4 is 14.7 Å². The molecule has 0 radical (unpaired) electrons. The number of amides is 1. The Morgan fingerprint density at radius 3 is 2.21 bits per heavy atom. The maximum atomic E-state index is 12.8. The van der Waals surface area contributed by atoms with Crippen LogP contribution in [-0.4, -0.2) is 59.1 Å². The van der Waals surface area contributed by atoms with Crippen molar-refractivity contribution in [3.05, 3.63) is 103 Å². The quantitative estimate of drug-likeness (QED) is 0.327. The van der Waals surface area contributed by atoms with E-state index in [9.17, 15) is 4.79 Å². The molecule has 0 spiro atoms. The van der Waals surface area contributed by atoms with Crippen molar-refractivity contribution in [2.45, 2.75) is 6.42 Å². The molecule has 3 heterocycles. The van der Waals surface area contributed by atoms with Gasteiger partial charge in [-0.1, -0.05) is 48.5 Å². The molecule has 8 heteroatoms. The van der Waals surface area contributed by atoms with Crippen molar-refractivity contribution < 1.29 is 4.79 Å². The number of aromatic nitrogens is 4. The number of piperazine rings is 1. The summed E-state index contributed by atoms with van der Waals surface area (Å²) in [5.74, 6) is 1.85. The Kier molecular flexibility index (Phi) is 6.82. The highest BCUT2D eigenvalue weighted by molar-refractivity contribution is 5.94. The lowest BCUT2D eigenvalue weighted by Crippen LogP contribution is -2.47. The number of fused-ring (bicyclic) bond motifs is 1. The molecule has 39 heavy (non-hydrogen) atoms. The van der Waals surface area contributed by atoms with E-state index in [0.717, 1.165) is 71.2 Å². The normalized spacial score (nSPS) is 13.5. The van der Waals surface area contributed by atoms with Crippen molar-refractivity contribution in [1.82, 2.24) is 19.9 Å². The lowest BCUT2D eigenvalue weighted by Gasteiger charge is -2.35. The summed E-state index contributed by atoms with van der Waals surface area (Å²) in [4.78, 5) is 37.2. The van der Waals surface area contributed by atoms with Gasteiger partial charge in [0.2, 0.25) is 5.91 Å². The Morgan fingerprint density at radius 1 is 0.769 bits per heavy atom. The zero-order valence-electron chi connectivity index (χ0n) is 21.8. The largest absolute Gasteiger partial charge is 0.352 e. The number of hydrogen-bond donors (Lipinski definition) is 0. The zero-order valence-corrected chi connectivity index (χ0v) is 21.8. The molecule has 5 aromatic rings. The van der Waals surface area contributed by atoms with Crippen LogP contribution in [0.4, 0.5) is 17.3 Å². The number of nitrogens with zero attached hydrogens (tertiary/aromatic N) is 7. The molecule has 1 amide bonds. The average molecular weight is 516 g/mol. The molecule has 1 fully saturated rings. The van der Waals surface area contributed by atoms with Crippen molar-refractivity contribution in [1.29, 1.82) is 0 Å². The SMILES string of the molecule is CN(C(=O)Cc1ccc(-c2ccc3ncc(N4CCN(c5cnccn5)CC4)nc3c2)cc1)c1ccccc1. The van der Waals surface area contributed by atoms with E-state index in [0.29, 0.717) is 6.42 Å². The first-order valence-corrected chi connectivity index (χ1v) is 13.1. The summed E-state index contributed by atoms with van der Waals surface area (Å²) < 4.78 is 0. The van der Waals surface area contributed by atoms with Crippen molar-refractivity contribution in [3.63, 3.8) is 0 Å².